The van der Waals surface area contributed by atoms with Crippen molar-refractivity contribution in [3.8, 4) is 5.75 Å². The molecule has 3 aromatic heterocycles. The van der Waals surface area contributed by atoms with Gasteiger partial charge in [-0.25, -0.2) is 15.0 Å². The number of anilines is 1. The zero-order valence-corrected chi connectivity index (χ0v) is 19.7. The van der Waals surface area contributed by atoms with Gasteiger partial charge in [-0.2, -0.15) is 0 Å². The summed E-state index contributed by atoms with van der Waals surface area (Å²) in [6.45, 7) is 0.790. The first kappa shape index (κ1) is 23.2. The molecule has 0 aromatic carbocycles. The second-order valence-electron chi connectivity index (χ2n) is 8.04. The Morgan fingerprint density at radius 3 is 2.79 bits per heavy atom. The highest BCUT2D eigenvalue weighted by Crippen LogP contribution is 2.29. The number of amides is 1. The largest absolute Gasteiger partial charge is 0.494 e. The van der Waals surface area contributed by atoms with Crippen LogP contribution in [0, 0.1) is 0 Å². The molecule has 1 aliphatic carbocycles. The number of nitrogens with one attached hydrogen (secondary N) is 2. The SMILES string of the molecule is COc1ccnc2ncc(=O)n(C)c12.O=C1CSc2ccc(CNC3CCCCC3)nc2N1. The van der Waals surface area contributed by atoms with Crippen LogP contribution in [0.25, 0.3) is 11.2 Å². The first-order valence-electron chi connectivity index (χ1n) is 11.1. The Labute approximate surface area is 196 Å². The lowest BCUT2D eigenvalue weighted by Gasteiger charge is -2.23. The summed E-state index contributed by atoms with van der Waals surface area (Å²) < 4.78 is 6.59. The van der Waals surface area contributed by atoms with Gasteiger partial charge in [0.25, 0.3) is 5.56 Å². The number of fused-ring (bicyclic) bond motifs is 2. The molecule has 33 heavy (non-hydrogen) atoms. The second kappa shape index (κ2) is 10.8. The third-order valence-electron chi connectivity index (χ3n) is 5.76. The highest BCUT2D eigenvalue weighted by molar-refractivity contribution is 8.00. The number of thioether (sulfide) groups is 1. The fourth-order valence-corrected chi connectivity index (χ4v) is 4.73. The number of pyridine rings is 2. The fraction of sp³-hybridized carbons (Fsp3) is 0.435. The van der Waals surface area contributed by atoms with Crippen LogP contribution in [0.15, 0.2) is 40.3 Å². The molecule has 174 valence electrons. The van der Waals surface area contributed by atoms with Crippen LogP contribution in [0.1, 0.15) is 37.8 Å². The minimum absolute atomic E-state index is 0.0439. The molecule has 1 amide bonds. The third-order valence-corrected chi connectivity index (χ3v) is 6.81. The molecule has 1 fully saturated rings. The molecule has 1 aliphatic heterocycles. The summed E-state index contributed by atoms with van der Waals surface area (Å²) in [5.74, 6) is 1.86. The molecule has 0 atom stereocenters. The molecule has 0 radical (unpaired) electrons. The van der Waals surface area contributed by atoms with E-state index in [9.17, 15) is 9.59 Å². The van der Waals surface area contributed by atoms with Gasteiger partial charge in [0.05, 0.1) is 29.6 Å². The molecule has 9 nitrogen and oxygen atoms in total. The maximum absolute atomic E-state index is 11.4. The average Bonchev–Trinajstić information content (AvgIpc) is 2.85. The van der Waals surface area contributed by atoms with Crippen molar-refractivity contribution in [3.63, 3.8) is 0 Å². The van der Waals surface area contributed by atoms with E-state index in [0.29, 0.717) is 28.7 Å². The van der Waals surface area contributed by atoms with Gasteiger partial charge >= 0.3 is 0 Å². The van der Waals surface area contributed by atoms with E-state index in [1.807, 2.05) is 0 Å². The van der Waals surface area contributed by atoms with Crippen LogP contribution in [0.5, 0.6) is 5.75 Å². The van der Waals surface area contributed by atoms with Crippen molar-refractivity contribution in [1.29, 1.82) is 0 Å². The number of ether oxygens (including phenoxy) is 1. The topological polar surface area (TPSA) is 111 Å². The summed E-state index contributed by atoms with van der Waals surface area (Å²) >= 11 is 1.56. The number of carbonyl (C=O) groups excluding carboxylic acids is 1. The maximum Gasteiger partial charge on any atom is 0.269 e. The third kappa shape index (κ3) is 5.69. The van der Waals surface area contributed by atoms with E-state index in [0.717, 1.165) is 23.0 Å². The van der Waals surface area contributed by atoms with Gasteiger partial charge in [0.2, 0.25) is 5.91 Å². The number of nitrogens with zero attached hydrogens (tertiary/aromatic N) is 4. The van der Waals surface area contributed by atoms with Gasteiger partial charge in [-0.05, 0) is 25.0 Å². The summed E-state index contributed by atoms with van der Waals surface area (Å²) in [7, 11) is 3.21. The van der Waals surface area contributed by atoms with Crippen LogP contribution in [-0.2, 0) is 18.4 Å². The summed E-state index contributed by atoms with van der Waals surface area (Å²) in [6, 6.07) is 6.45. The number of hydrogen-bond acceptors (Lipinski definition) is 8. The van der Waals surface area contributed by atoms with Gasteiger partial charge in [-0.1, -0.05) is 19.3 Å². The molecular weight excluding hydrogens is 440 g/mol. The standard InChI is InChI=1S/C14H19N3OS.C9H9N3O2/c18-13-9-19-12-7-6-11(16-14(12)17-13)8-15-10-4-2-1-3-5-10;1-12-7(13)5-11-9-8(12)6(14-2)3-4-10-9/h6-7,10,15H,1-5,8-9H2,(H,16,17,18);3-5H,1-2H3. The van der Waals surface area contributed by atoms with Crippen molar-refractivity contribution < 1.29 is 9.53 Å². The minimum Gasteiger partial charge on any atom is -0.494 e. The van der Waals surface area contributed by atoms with Crippen molar-refractivity contribution in [3.05, 3.63) is 46.6 Å². The first-order chi connectivity index (χ1) is 16.0. The van der Waals surface area contributed by atoms with Gasteiger partial charge in [0.15, 0.2) is 5.65 Å². The highest BCUT2D eigenvalue weighted by Gasteiger charge is 2.17. The maximum atomic E-state index is 11.4. The van der Waals surface area contributed by atoms with E-state index < -0.39 is 0 Å². The molecule has 10 heteroatoms. The van der Waals surface area contributed by atoms with E-state index in [1.54, 1.807) is 38.2 Å². The quantitative estimate of drug-likeness (QED) is 0.601. The smallest absolute Gasteiger partial charge is 0.269 e. The lowest BCUT2D eigenvalue weighted by Crippen LogP contribution is -2.31. The average molecular weight is 469 g/mol. The van der Waals surface area contributed by atoms with Gasteiger partial charge in [0, 0.05) is 31.9 Å². The van der Waals surface area contributed by atoms with Gasteiger partial charge in [-0.15, -0.1) is 11.8 Å². The zero-order chi connectivity index (χ0) is 23.2. The van der Waals surface area contributed by atoms with Gasteiger partial charge in [-0.3, -0.25) is 9.59 Å². The number of hydrogen-bond donors (Lipinski definition) is 2. The molecule has 2 aliphatic rings. The monoisotopic (exact) mass is 468 g/mol. The number of carbonyl (C=O) groups is 1. The number of aryl methyl sites for hydroxylation is 1. The second-order valence-corrected chi connectivity index (χ2v) is 9.06. The fourth-order valence-electron chi connectivity index (χ4n) is 3.97. The predicted molar refractivity (Wildman–Crippen MR) is 129 cm³/mol. The van der Waals surface area contributed by atoms with E-state index in [-0.39, 0.29) is 11.5 Å². The molecule has 3 aromatic rings. The van der Waals surface area contributed by atoms with E-state index >= 15 is 0 Å². The van der Waals surface area contributed by atoms with Crippen LogP contribution >= 0.6 is 11.8 Å². The van der Waals surface area contributed by atoms with Gasteiger partial charge < -0.3 is 19.9 Å². The van der Waals surface area contributed by atoms with Crippen molar-refractivity contribution >= 4 is 34.7 Å². The summed E-state index contributed by atoms with van der Waals surface area (Å²) in [5, 5.41) is 6.41. The first-order valence-corrected chi connectivity index (χ1v) is 12.0. The molecular formula is C23H28N6O3S. The van der Waals surface area contributed by atoms with Crippen molar-refractivity contribution in [2.75, 3.05) is 18.2 Å². The molecule has 0 spiro atoms. The van der Waals surface area contributed by atoms with Crippen LogP contribution in [0.3, 0.4) is 0 Å². The normalized spacial score (nSPS) is 15.9. The lowest BCUT2D eigenvalue weighted by molar-refractivity contribution is -0.113. The molecule has 4 heterocycles. The molecule has 2 N–H and O–H groups in total. The van der Waals surface area contributed by atoms with Crippen molar-refractivity contribution in [2.24, 2.45) is 7.05 Å². The van der Waals surface area contributed by atoms with E-state index in [2.05, 4.69) is 37.7 Å². The summed E-state index contributed by atoms with van der Waals surface area (Å²) in [6.07, 6.45) is 9.44. The summed E-state index contributed by atoms with van der Waals surface area (Å²) in [5.41, 5.74) is 1.95. The van der Waals surface area contributed by atoms with E-state index in [4.69, 9.17) is 4.74 Å². The molecule has 5 rings (SSSR count). The zero-order valence-electron chi connectivity index (χ0n) is 18.8. The molecule has 1 saturated carbocycles. The Morgan fingerprint density at radius 2 is 2.00 bits per heavy atom. The number of rotatable bonds is 4. The molecule has 0 saturated heterocycles. The van der Waals surface area contributed by atoms with Crippen LogP contribution in [0.2, 0.25) is 0 Å². The molecule has 0 unspecified atom stereocenters. The Kier molecular flexibility index (Phi) is 7.56. The Morgan fingerprint density at radius 1 is 1.18 bits per heavy atom. The lowest BCUT2D eigenvalue weighted by atomic mass is 9.95. The van der Waals surface area contributed by atoms with Crippen molar-refractivity contribution in [2.45, 2.75) is 49.6 Å². The highest BCUT2D eigenvalue weighted by atomic mass is 32.2. The van der Waals surface area contributed by atoms with Crippen LogP contribution in [0.4, 0.5) is 5.82 Å². The van der Waals surface area contributed by atoms with E-state index in [1.165, 1.54) is 42.9 Å². The Hall–Kier alpha value is -2.98. The number of methoxy groups -OCH3 is 1. The Bertz CT molecular complexity index is 1190. The predicted octanol–water partition coefficient (Wildman–Crippen LogP) is 2.89. The van der Waals surface area contributed by atoms with Crippen LogP contribution < -0.4 is 20.9 Å². The molecule has 0 bridgehead atoms. The number of aromatic nitrogens is 4. The van der Waals surface area contributed by atoms with Crippen LogP contribution in [-0.4, -0.2) is 44.3 Å². The van der Waals surface area contributed by atoms with Gasteiger partial charge in [0.1, 0.15) is 17.1 Å². The minimum atomic E-state index is -0.177. The summed E-state index contributed by atoms with van der Waals surface area (Å²) in [4.78, 5) is 36.2. The van der Waals surface area contributed by atoms with Crippen molar-refractivity contribution in [1.82, 2.24) is 24.8 Å². The Balaban J connectivity index is 0.000000165.